The zero-order valence-corrected chi connectivity index (χ0v) is 80.9. The monoisotopic (exact) mass is 1900 g/mol. The van der Waals surface area contributed by atoms with Crippen molar-refractivity contribution in [3.63, 3.8) is 0 Å². The van der Waals surface area contributed by atoms with Crippen LogP contribution in [0.15, 0.2) is 502 Å². The summed E-state index contributed by atoms with van der Waals surface area (Å²) < 4.78 is 9.12. The van der Waals surface area contributed by atoms with Crippen molar-refractivity contribution in [1.29, 1.82) is 5.26 Å². The fraction of sp³-hybridized carbons (Fsp3) is 0. The number of furan rings is 1. The van der Waals surface area contributed by atoms with Gasteiger partial charge < -0.3 is 8.98 Å². The third kappa shape index (κ3) is 13.0. The second-order valence-electron chi connectivity index (χ2n) is 39.8. The summed E-state index contributed by atoms with van der Waals surface area (Å²) >= 11 is 0. The number of pyridine rings is 4. The van der Waals surface area contributed by atoms with Crippen LogP contribution >= 0.6 is 0 Å². The van der Waals surface area contributed by atoms with Crippen LogP contribution in [0.3, 0.4) is 0 Å². The van der Waals surface area contributed by atoms with Gasteiger partial charge in [-0.3, -0.25) is 4.98 Å². The van der Waals surface area contributed by atoms with Crippen molar-refractivity contribution < 1.29 is 4.42 Å². The highest BCUT2D eigenvalue weighted by Crippen LogP contribution is 2.52. The number of nitrogens with zero attached hydrogens (tertiary/aromatic N) is 6. The number of para-hydroxylation sites is 1. The van der Waals surface area contributed by atoms with Gasteiger partial charge in [-0.05, 0) is 253 Å². The summed E-state index contributed by atoms with van der Waals surface area (Å²) in [7, 11) is 0. The standard InChI is InChI=1S/C51H29NO.C50H29N3.C42H24N2/c1-4-17-35-30(12-1)24-26-42-45(35)49(52-50-41-23-10-8-21-39(41)38-20-7-9-22-40(38)46(42)50)34-16-11-15-32(28-34)43-29-33-14-3-6-19-37(33)48-47-36-18-5-2-13-31(36)25-27-44(47)53-51(43)48;51-30-31-21-24-40-44-29-34(23-26-45(44)53(46(40)27-31)36-14-2-1-3-15-36)33-12-10-13-35(28-33)49-47-37-16-5-4-11-32(37)22-25-43(47)48-41-19-8-6-17-38(41)39-18-7-9-20-42(39)50(48)52-49;1-3-14-34-32(12-1)33-13-2-4-15-35(33)42-39(34)41-36(16-7-21-43-41)40(44-42)30-11-6-10-27(22-30)31-23-28-19-17-25-8-5-9-26-18-20-29(24-31)38(28)37(25)26/h2*1-29H;1-24H. The second kappa shape index (κ2) is 33.5. The van der Waals surface area contributed by atoms with Crippen molar-refractivity contribution in [3.05, 3.63) is 503 Å². The first-order valence-corrected chi connectivity index (χ1v) is 51.2. The molecule has 6 aromatic heterocycles. The van der Waals surface area contributed by atoms with Gasteiger partial charge in [0.25, 0.3) is 0 Å². The molecule has 0 N–H and O–H groups in total. The Kier molecular flexibility index (Phi) is 18.8. The molecule has 0 aliphatic carbocycles. The zero-order chi connectivity index (χ0) is 98.4. The highest BCUT2D eigenvalue weighted by atomic mass is 16.3. The molecular formula is C143H82N6O. The van der Waals surface area contributed by atoms with Gasteiger partial charge in [0.1, 0.15) is 11.2 Å². The number of hydrogen-bond donors (Lipinski definition) is 0. The highest BCUT2D eigenvalue weighted by Gasteiger charge is 2.27. The number of fused-ring (bicyclic) bond motifs is 38. The molecule has 690 valence electrons. The summed E-state index contributed by atoms with van der Waals surface area (Å²) in [6.45, 7) is 0. The van der Waals surface area contributed by atoms with Crippen molar-refractivity contribution in [1.82, 2.24) is 24.5 Å². The van der Waals surface area contributed by atoms with Crippen molar-refractivity contribution in [2.45, 2.75) is 0 Å². The molecule has 0 bridgehead atoms. The molecule has 0 aliphatic heterocycles. The van der Waals surface area contributed by atoms with Crippen LogP contribution in [0.25, 0.3) is 322 Å². The summed E-state index contributed by atoms with van der Waals surface area (Å²) in [6, 6.07) is 179. The smallest absolute Gasteiger partial charge is 0.143 e. The quantitative estimate of drug-likeness (QED) is 0.148. The van der Waals surface area contributed by atoms with Gasteiger partial charge in [-0.2, -0.15) is 5.26 Å². The average Bonchev–Trinajstić information content (AvgIpc) is 0.855. The van der Waals surface area contributed by atoms with E-state index in [0.29, 0.717) is 5.56 Å². The first-order valence-electron chi connectivity index (χ1n) is 51.2. The van der Waals surface area contributed by atoms with Crippen LogP contribution in [0.4, 0.5) is 0 Å². The Morgan fingerprint density at radius 1 is 0.193 bits per heavy atom. The van der Waals surface area contributed by atoms with Crippen LogP contribution < -0.4 is 0 Å². The Hall–Kier alpha value is -20.2. The molecule has 0 fully saturated rings. The van der Waals surface area contributed by atoms with E-state index in [-0.39, 0.29) is 0 Å². The lowest BCUT2D eigenvalue weighted by Crippen LogP contribution is -1.94. The van der Waals surface area contributed by atoms with Crippen LogP contribution in [-0.2, 0) is 0 Å². The third-order valence-electron chi connectivity index (χ3n) is 31.7. The minimum Gasteiger partial charge on any atom is -0.455 e. The van der Waals surface area contributed by atoms with Gasteiger partial charge >= 0.3 is 0 Å². The van der Waals surface area contributed by atoms with Gasteiger partial charge in [-0.1, -0.05) is 400 Å². The topological polar surface area (TPSA) is 93.4 Å². The Labute approximate surface area is 858 Å². The molecule has 0 atom stereocenters. The van der Waals surface area contributed by atoms with E-state index < -0.39 is 0 Å². The van der Waals surface area contributed by atoms with E-state index in [2.05, 4.69) is 478 Å². The number of aromatic nitrogens is 5. The Bertz CT molecular complexity index is 11600. The molecule has 7 nitrogen and oxygen atoms in total. The zero-order valence-electron chi connectivity index (χ0n) is 80.9. The molecule has 0 radical (unpaired) electrons. The van der Waals surface area contributed by atoms with Crippen LogP contribution in [0.1, 0.15) is 5.56 Å². The molecule has 0 amide bonds. The average molecular weight is 1900 g/mol. The molecule has 33 rings (SSSR count). The minimum absolute atomic E-state index is 0.647. The largest absolute Gasteiger partial charge is 0.455 e. The predicted octanol–water partition coefficient (Wildman–Crippen LogP) is 38.9. The number of nitriles is 1. The lowest BCUT2D eigenvalue weighted by Gasteiger charge is -2.17. The SMILES string of the molecule is N#Cc1ccc2c3cc(-c4cccc(-c5nc6c7ccccc7c7ccccc7c6c6ccc7ccccc7c56)c4)ccc3n(-c3ccccc3)c2c1.c1cc(-c2cc3ccc4cccc5ccc(c2)c3c45)cc(-c2nc3c4ccccc4c4ccccc4c3c3ncccc23)c1.c1cc(-c2cc3ccccc3c3c2oc2ccc4ccccc4c23)cc(-c2nc3c4ccccc4c4ccccc4c3c3ccc4ccccc4c23)c1. The Balaban J connectivity index is 0.000000102. The van der Waals surface area contributed by atoms with Crippen LogP contribution in [0.5, 0.6) is 0 Å². The predicted molar refractivity (Wildman–Crippen MR) is 633 cm³/mol. The van der Waals surface area contributed by atoms with Crippen molar-refractivity contribution in [2.24, 2.45) is 0 Å². The summed E-state index contributed by atoms with van der Waals surface area (Å²) in [5.41, 5.74) is 22.7. The maximum Gasteiger partial charge on any atom is 0.143 e. The molecule has 27 aromatic carbocycles. The van der Waals surface area contributed by atoms with Gasteiger partial charge in [0.15, 0.2) is 0 Å². The van der Waals surface area contributed by atoms with E-state index >= 15 is 0 Å². The van der Waals surface area contributed by atoms with Crippen molar-refractivity contribution in [2.75, 3.05) is 0 Å². The first-order chi connectivity index (χ1) is 74.4. The van der Waals surface area contributed by atoms with Gasteiger partial charge in [0.2, 0.25) is 0 Å². The van der Waals surface area contributed by atoms with Crippen LogP contribution in [0, 0.1) is 11.3 Å². The Morgan fingerprint density at radius 3 is 1.13 bits per heavy atom. The molecule has 0 spiro atoms. The van der Waals surface area contributed by atoms with Crippen molar-refractivity contribution in [3.8, 4) is 78.9 Å². The minimum atomic E-state index is 0.647. The second-order valence-corrected chi connectivity index (χ2v) is 39.8. The molecular weight excluding hydrogens is 1820 g/mol. The number of hydrogen-bond acceptors (Lipinski definition) is 6. The lowest BCUT2D eigenvalue weighted by molar-refractivity contribution is 0.670. The normalized spacial score (nSPS) is 12.0. The molecule has 6 heterocycles. The molecule has 0 saturated heterocycles. The maximum absolute atomic E-state index is 9.76. The molecule has 7 heteroatoms. The molecule has 0 unspecified atom stereocenters. The summed E-state index contributed by atoms with van der Waals surface area (Å²) in [5.74, 6) is 0. The van der Waals surface area contributed by atoms with E-state index in [1.165, 1.54) is 178 Å². The summed E-state index contributed by atoms with van der Waals surface area (Å²) in [5, 5.41) is 55.6. The Morgan fingerprint density at radius 2 is 0.580 bits per heavy atom. The molecule has 0 saturated carbocycles. The van der Waals surface area contributed by atoms with Crippen LogP contribution in [0.2, 0.25) is 0 Å². The van der Waals surface area contributed by atoms with Gasteiger partial charge in [0.05, 0.1) is 61.8 Å². The lowest BCUT2D eigenvalue weighted by atomic mass is 9.89. The summed E-state index contributed by atoms with van der Waals surface area (Å²) in [4.78, 5) is 21.8. The van der Waals surface area contributed by atoms with Gasteiger partial charge in [0, 0.05) is 104 Å². The first kappa shape index (κ1) is 84.4. The van der Waals surface area contributed by atoms with E-state index in [4.69, 9.17) is 24.4 Å². The summed E-state index contributed by atoms with van der Waals surface area (Å²) in [6.07, 6.45) is 1.90. The number of rotatable bonds is 7. The number of benzene rings is 27. The van der Waals surface area contributed by atoms with Gasteiger partial charge in [-0.25, -0.2) is 15.0 Å². The van der Waals surface area contributed by atoms with E-state index in [9.17, 15) is 5.26 Å². The molecule has 0 aliphatic rings. The molecule has 150 heavy (non-hydrogen) atoms. The van der Waals surface area contributed by atoms with Gasteiger partial charge in [-0.15, -0.1) is 0 Å². The van der Waals surface area contributed by atoms with E-state index in [1.807, 2.05) is 30.5 Å². The van der Waals surface area contributed by atoms with E-state index in [1.54, 1.807) is 0 Å². The molecule has 33 aromatic rings. The fourth-order valence-corrected chi connectivity index (χ4v) is 25.1. The highest BCUT2D eigenvalue weighted by molar-refractivity contribution is 6.38. The third-order valence-corrected chi connectivity index (χ3v) is 31.7. The van der Waals surface area contributed by atoms with Crippen LogP contribution in [-0.4, -0.2) is 24.5 Å². The van der Waals surface area contributed by atoms with Crippen molar-refractivity contribution >= 4 is 249 Å². The maximum atomic E-state index is 9.76. The fourth-order valence-electron chi connectivity index (χ4n) is 25.1. The van der Waals surface area contributed by atoms with E-state index in [0.717, 1.165) is 144 Å².